The van der Waals surface area contributed by atoms with Crippen molar-refractivity contribution < 1.29 is 4.74 Å². The molecule has 0 saturated heterocycles. The van der Waals surface area contributed by atoms with Gasteiger partial charge in [0.05, 0.1) is 0 Å². The molecule has 0 N–H and O–H groups in total. The highest BCUT2D eigenvalue weighted by Gasteiger charge is 2.22. The van der Waals surface area contributed by atoms with Crippen LogP contribution in [0.1, 0.15) is 29.2 Å². The van der Waals surface area contributed by atoms with E-state index in [4.69, 9.17) is 4.74 Å². The van der Waals surface area contributed by atoms with E-state index >= 15 is 0 Å². The largest absolute Gasteiger partial charge is 0.485 e. The van der Waals surface area contributed by atoms with Gasteiger partial charge in [-0.1, -0.05) is 57.9 Å². The highest BCUT2D eigenvalue weighted by Crippen LogP contribution is 2.40. The van der Waals surface area contributed by atoms with Crippen molar-refractivity contribution >= 4 is 26.7 Å². The minimum Gasteiger partial charge on any atom is -0.485 e. The fraction of sp³-hybridized carbons (Fsp3) is 0.200. The average molecular weight is 353 g/mol. The van der Waals surface area contributed by atoms with Crippen molar-refractivity contribution in [2.75, 3.05) is 0 Å². The summed E-state index contributed by atoms with van der Waals surface area (Å²) in [7, 11) is 0. The molecule has 1 atom stereocenters. The number of halogens is 1. The first-order valence-electron chi connectivity index (χ1n) is 7.65. The van der Waals surface area contributed by atoms with E-state index in [1.54, 1.807) is 0 Å². The van der Waals surface area contributed by atoms with Gasteiger partial charge in [-0.3, -0.25) is 0 Å². The summed E-state index contributed by atoms with van der Waals surface area (Å²) in [4.78, 5) is 0. The Morgan fingerprint density at radius 2 is 1.82 bits per heavy atom. The molecule has 0 bridgehead atoms. The van der Waals surface area contributed by atoms with Gasteiger partial charge in [-0.25, -0.2) is 0 Å². The highest BCUT2D eigenvalue weighted by molar-refractivity contribution is 9.10. The summed E-state index contributed by atoms with van der Waals surface area (Å²) in [5, 5.41) is 2.43. The summed E-state index contributed by atoms with van der Waals surface area (Å²) >= 11 is 3.54. The van der Waals surface area contributed by atoms with Crippen LogP contribution in [0.5, 0.6) is 5.75 Å². The molecule has 3 aromatic rings. The maximum absolute atomic E-state index is 6.40. The van der Waals surface area contributed by atoms with Crippen molar-refractivity contribution in [2.24, 2.45) is 0 Å². The first kappa shape index (κ1) is 13.8. The molecule has 0 fully saturated rings. The summed E-state index contributed by atoms with van der Waals surface area (Å²) in [6, 6.07) is 19.5. The predicted molar refractivity (Wildman–Crippen MR) is 94.5 cm³/mol. The molecular formula is C20H17BrO. The van der Waals surface area contributed by atoms with Crippen LogP contribution in [0.2, 0.25) is 0 Å². The number of ether oxygens (including phenoxy) is 1. The maximum atomic E-state index is 6.40. The van der Waals surface area contributed by atoms with Crippen molar-refractivity contribution in [3.8, 4) is 5.75 Å². The lowest BCUT2D eigenvalue weighted by atomic mass is 9.94. The van der Waals surface area contributed by atoms with Crippen LogP contribution < -0.4 is 4.74 Å². The third-order valence-electron chi connectivity index (χ3n) is 4.40. The third-order valence-corrected chi connectivity index (χ3v) is 4.89. The summed E-state index contributed by atoms with van der Waals surface area (Å²) in [6.45, 7) is 2.12. The van der Waals surface area contributed by atoms with E-state index < -0.39 is 0 Å². The Bertz CT molecular complexity index is 836. The Morgan fingerprint density at radius 3 is 2.64 bits per heavy atom. The molecule has 0 aliphatic carbocycles. The van der Waals surface area contributed by atoms with Gasteiger partial charge in [0.2, 0.25) is 0 Å². The lowest BCUT2D eigenvalue weighted by Gasteiger charge is -2.27. The fourth-order valence-corrected chi connectivity index (χ4v) is 3.54. The summed E-state index contributed by atoms with van der Waals surface area (Å²) in [5.41, 5.74) is 3.87. The summed E-state index contributed by atoms with van der Waals surface area (Å²) < 4.78 is 7.50. The van der Waals surface area contributed by atoms with Crippen molar-refractivity contribution in [2.45, 2.75) is 25.9 Å². The Balaban J connectivity index is 1.77. The van der Waals surface area contributed by atoms with Gasteiger partial charge in [0.1, 0.15) is 11.9 Å². The molecule has 0 amide bonds. The molecule has 0 saturated carbocycles. The van der Waals surface area contributed by atoms with E-state index in [1.165, 1.54) is 27.5 Å². The number of hydrogen-bond acceptors (Lipinski definition) is 1. The van der Waals surface area contributed by atoms with E-state index in [-0.39, 0.29) is 6.10 Å². The van der Waals surface area contributed by atoms with E-state index in [0.29, 0.717) is 0 Å². The molecule has 22 heavy (non-hydrogen) atoms. The molecule has 0 spiro atoms. The second kappa shape index (κ2) is 5.44. The molecule has 2 heteroatoms. The van der Waals surface area contributed by atoms with Gasteiger partial charge >= 0.3 is 0 Å². The Kier molecular flexibility index (Phi) is 3.42. The molecule has 0 aromatic heterocycles. The predicted octanol–water partition coefficient (Wildman–Crippen LogP) is 5.98. The molecule has 110 valence electrons. The van der Waals surface area contributed by atoms with Gasteiger partial charge in [0, 0.05) is 9.86 Å². The molecule has 1 unspecified atom stereocenters. The first-order chi connectivity index (χ1) is 10.7. The van der Waals surface area contributed by atoms with E-state index in [0.717, 1.165) is 23.1 Å². The van der Waals surface area contributed by atoms with Crippen molar-refractivity contribution in [1.29, 1.82) is 0 Å². The van der Waals surface area contributed by atoms with Crippen molar-refractivity contribution in [3.05, 3.63) is 75.8 Å². The van der Waals surface area contributed by atoms with Gasteiger partial charge in [0.25, 0.3) is 0 Å². The third kappa shape index (κ3) is 2.42. The van der Waals surface area contributed by atoms with Crippen LogP contribution in [-0.4, -0.2) is 0 Å². The van der Waals surface area contributed by atoms with E-state index in [2.05, 4.69) is 77.5 Å². The summed E-state index contributed by atoms with van der Waals surface area (Å²) in [6.07, 6.45) is 2.26. The first-order valence-corrected chi connectivity index (χ1v) is 8.44. The molecule has 1 aliphatic rings. The van der Waals surface area contributed by atoms with Crippen LogP contribution in [0.25, 0.3) is 10.8 Å². The monoisotopic (exact) mass is 352 g/mol. The SMILES string of the molecule is Cc1ccc(C2CCc3ccc4cc(Br)ccc4c3O2)cc1. The van der Waals surface area contributed by atoms with Gasteiger partial charge in [-0.05, 0) is 54.5 Å². The van der Waals surface area contributed by atoms with Gasteiger partial charge < -0.3 is 4.74 Å². The Labute approximate surface area is 139 Å². The second-order valence-corrected chi connectivity index (χ2v) is 6.89. The van der Waals surface area contributed by atoms with E-state index in [1.807, 2.05) is 0 Å². The molecule has 1 heterocycles. The van der Waals surface area contributed by atoms with Crippen molar-refractivity contribution in [3.63, 3.8) is 0 Å². The van der Waals surface area contributed by atoms with E-state index in [9.17, 15) is 0 Å². The van der Waals surface area contributed by atoms with Crippen molar-refractivity contribution in [1.82, 2.24) is 0 Å². The molecular weight excluding hydrogens is 336 g/mol. The Hall–Kier alpha value is -1.80. The lowest BCUT2D eigenvalue weighted by molar-refractivity contribution is 0.179. The van der Waals surface area contributed by atoms with Crippen LogP contribution in [0.3, 0.4) is 0 Å². The quantitative estimate of drug-likeness (QED) is 0.523. The number of rotatable bonds is 1. The molecule has 1 nitrogen and oxygen atoms in total. The van der Waals surface area contributed by atoms with Gasteiger partial charge in [-0.15, -0.1) is 0 Å². The van der Waals surface area contributed by atoms with Crippen LogP contribution >= 0.6 is 15.9 Å². The number of benzene rings is 3. The maximum Gasteiger partial charge on any atom is 0.131 e. The zero-order chi connectivity index (χ0) is 15.1. The molecule has 1 aliphatic heterocycles. The normalized spacial score (nSPS) is 17.1. The minimum absolute atomic E-state index is 0.155. The summed E-state index contributed by atoms with van der Waals surface area (Å²) in [5.74, 6) is 1.06. The van der Waals surface area contributed by atoms with Crippen LogP contribution in [-0.2, 0) is 6.42 Å². The molecule has 4 rings (SSSR count). The zero-order valence-corrected chi connectivity index (χ0v) is 14.1. The van der Waals surface area contributed by atoms with Gasteiger partial charge in [-0.2, -0.15) is 0 Å². The van der Waals surface area contributed by atoms with Crippen LogP contribution in [0.4, 0.5) is 0 Å². The minimum atomic E-state index is 0.155. The standard InChI is InChI=1S/C20H17BrO/c1-13-2-4-14(5-3-13)19-11-8-15-6-7-16-12-17(21)9-10-18(16)20(15)22-19/h2-7,9-10,12,19H,8,11H2,1H3. The molecule has 3 aromatic carbocycles. The average Bonchev–Trinajstić information content (AvgIpc) is 2.54. The smallest absolute Gasteiger partial charge is 0.131 e. The topological polar surface area (TPSA) is 9.23 Å². The second-order valence-electron chi connectivity index (χ2n) is 5.98. The number of aryl methyl sites for hydroxylation is 2. The molecule has 0 radical (unpaired) electrons. The zero-order valence-electron chi connectivity index (χ0n) is 12.5. The highest BCUT2D eigenvalue weighted by atomic mass is 79.9. The fourth-order valence-electron chi connectivity index (χ4n) is 3.16. The van der Waals surface area contributed by atoms with Gasteiger partial charge in [0.15, 0.2) is 0 Å². The van der Waals surface area contributed by atoms with Crippen LogP contribution in [0, 0.1) is 6.92 Å². The number of fused-ring (bicyclic) bond motifs is 3. The number of hydrogen-bond donors (Lipinski definition) is 0. The Morgan fingerprint density at radius 1 is 1.00 bits per heavy atom. The van der Waals surface area contributed by atoms with Crippen LogP contribution in [0.15, 0.2) is 59.1 Å². The lowest BCUT2D eigenvalue weighted by Crippen LogP contribution is -2.15.